The summed E-state index contributed by atoms with van der Waals surface area (Å²) in [5.74, 6) is 2.83. The molecule has 1 N–H and O–H groups in total. The Balaban J connectivity index is 1.29. The fourth-order valence-corrected chi connectivity index (χ4v) is 5.12. The van der Waals surface area contributed by atoms with E-state index in [4.69, 9.17) is 18.9 Å². The monoisotopic (exact) mass is 581 g/mol. The SMILES string of the molecule is COc1ccc(CCNC(=O)CCC(C)(C)c2cc(OC)c(OCc3ccccc3)cc2C)cc1OCc1ccccc1. The molecular weight excluding hydrogens is 538 g/mol. The number of hydrogen-bond acceptors (Lipinski definition) is 5. The molecule has 0 aliphatic rings. The van der Waals surface area contributed by atoms with Crippen LogP contribution in [0.2, 0.25) is 0 Å². The highest BCUT2D eigenvalue weighted by Gasteiger charge is 2.25. The summed E-state index contributed by atoms with van der Waals surface area (Å²) in [7, 11) is 3.29. The number of aryl methyl sites for hydroxylation is 1. The first kappa shape index (κ1) is 31.5. The van der Waals surface area contributed by atoms with Gasteiger partial charge in [0.1, 0.15) is 13.2 Å². The summed E-state index contributed by atoms with van der Waals surface area (Å²) in [5, 5.41) is 3.08. The van der Waals surface area contributed by atoms with Gasteiger partial charge < -0.3 is 24.3 Å². The summed E-state index contributed by atoms with van der Waals surface area (Å²) >= 11 is 0. The lowest BCUT2D eigenvalue weighted by Gasteiger charge is -2.28. The van der Waals surface area contributed by atoms with Crippen LogP contribution in [-0.2, 0) is 29.8 Å². The molecule has 0 saturated heterocycles. The number of rotatable bonds is 15. The first-order valence-electron chi connectivity index (χ1n) is 14.7. The fourth-order valence-electron chi connectivity index (χ4n) is 5.12. The molecule has 226 valence electrons. The van der Waals surface area contributed by atoms with E-state index in [-0.39, 0.29) is 11.3 Å². The van der Waals surface area contributed by atoms with E-state index < -0.39 is 0 Å². The highest BCUT2D eigenvalue weighted by molar-refractivity contribution is 5.76. The van der Waals surface area contributed by atoms with E-state index in [2.05, 4.69) is 32.2 Å². The van der Waals surface area contributed by atoms with Crippen molar-refractivity contribution in [3.05, 3.63) is 119 Å². The highest BCUT2D eigenvalue weighted by Crippen LogP contribution is 2.38. The molecule has 0 fully saturated rings. The predicted octanol–water partition coefficient (Wildman–Crippen LogP) is 7.59. The molecule has 0 aliphatic carbocycles. The van der Waals surface area contributed by atoms with Crippen LogP contribution in [0, 0.1) is 6.92 Å². The standard InChI is InChI=1S/C37H43NO5/c1-27-22-34(42-25-29-12-8-6-9-13-29)33(41-5)24-31(27)37(2,3)20-18-36(39)38-21-19-28-16-17-32(40-4)35(23-28)43-26-30-14-10-7-11-15-30/h6-17,22-24H,18-21,25-26H2,1-5H3,(H,38,39). The summed E-state index contributed by atoms with van der Waals surface area (Å²) in [6.07, 6.45) is 1.82. The lowest BCUT2D eigenvalue weighted by Crippen LogP contribution is -2.28. The van der Waals surface area contributed by atoms with Crippen LogP contribution in [0.1, 0.15) is 54.5 Å². The first-order chi connectivity index (χ1) is 20.8. The van der Waals surface area contributed by atoms with E-state index in [0.29, 0.717) is 62.0 Å². The summed E-state index contributed by atoms with van der Waals surface area (Å²) < 4.78 is 23.3. The average molecular weight is 582 g/mol. The Morgan fingerprint density at radius 1 is 0.698 bits per heavy atom. The maximum atomic E-state index is 12.8. The smallest absolute Gasteiger partial charge is 0.220 e. The number of hydrogen-bond donors (Lipinski definition) is 1. The number of benzene rings is 4. The molecule has 0 spiro atoms. The van der Waals surface area contributed by atoms with E-state index in [1.165, 1.54) is 0 Å². The van der Waals surface area contributed by atoms with Gasteiger partial charge in [0, 0.05) is 13.0 Å². The molecule has 4 aromatic carbocycles. The Bertz CT molecular complexity index is 1470. The largest absolute Gasteiger partial charge is 0.493 e. The molecule has 0 bridgehead atoms. The van der Waals surface area contributed by atoms with Gasteiger partial charge in [0.05, 0.1) is 14.2 Å². The van der Waals surface area contributed by atoms with Crippen LogP contribution in [0.4, 0.5) is 0 Å². The predicted molar refractivity (Wildman–Crippen MR) is 171 cm³/mol. The first-order valence-corrected chi connectivity index (χ1v) is 14.7. The van der Waals surface area contributed by atoms with Crippen molar-refractivity contribution in [2.45, 2.75) is 58.7 Å². The quantitative estimate of drug-likeness (QED) is 0.157. The molecule has 0 aromatic heterocycles. The van der Waals surface area contributed by atoms with Crippen LogP contribution in [0.5, 0.6) is 23.0 Å². The summed E-state index contributed by atoms with van der Waals surface area (Å²) in [6.45, 7) is 7.89. The molecule has 0 atom stereocenters. The number of amides is 1. The average Bonchev–Trinajstić information content (AvgIpc) is 3.03. The van der Waals surface area contributed by atoms with Crippen LogP contribution in [0.25, 0.3) is 0 Å². The Hall–Kier alpha value is -4.45. The molecule has 4 rings (SSSR count). The van der Waals surface area contributed by atoms with Gasteiger partial charge in [-0.15, -0.1) is 0 Å². The van der Waals surface area contributed by atoms with Crippen LogP contribution in [0.15, 0.2) is 91.0 Å². The lowest BCUT2D eigenvalue weighted by molar-refractivity contribution is -0.121. The second kappa shape index (κ2) is 15.1. The van der Waals surface area contributed by atoms with Gasteiger partial charge in [-0.2, -0.15) is 0 Å². The Morgan fingerprint density at radius 2 is 1.28 bits per heavy atom. The normalized spacial score (nSPS) is 11.1. The molecule has 0 saturated carbocycles. The van der Waals surface area contributed by atoms with Crippen LogP contribution < -0.4 is 24.3 Å². The third-order valence-electron chi connectivity index (χ3n) is 7.66. The minimum Gasteiger partial charge on any atom is -0.493 e. The van der Waals surface area contributed by atoms with Crippen molar-refractivity contribution < 1.29 is 23.7 Å². The number of carbonyl (C=O) groups excluding carboxylic acids is 1. The zero-order valence-corrected chi connectivity index (χ0v) is 25.9. The Labute approximate surface area is 256 Å². The molecule has 0 unspecified atom stereocenters. The molecule has 1 amide bonds. The van der Waals surface area contributed by atoms with Gasteiger partial charge in [0.2, 0.25) is 5.91 Å². The number of carbonyl (C=O) groups is 1. The lowest BCUT2D eigenvalue weighted by atomic mass is 9.78. The maximum Gasteiger partial charge on any atom is 0.220 e. The van der Waals surface area contributed by atoms with Gasteiger partial charge in [-0.05, 0) is 77.3 Å². The third-order valence-corrected chi connectivity index (χ3v) is 7.66. The zero-order valence-electron chi connectivity index (χ0n) is 25.9. The van der Waals surface area contributed by atoms with Crippen LogP contribution in [0.3, 0.4) is 0 Å². The molecule has 0 radical (unpaired) electrons. The molecule has 43 heavy (non-hydrogen) atoms. The molecule has 6 heteroatoms. The minimum absolute atomic E-state index is 0.0366. The van der Waals surface area contributed by atoms with Gasteiger partial charge in [0.25, 0.3) is 0 Å². The van der Waals surface area contributed by atoms with Crippen molar-refractivity contribution in [3.8, 4) is 23.0 Å². The fraction of sp³-hybridized carbons (Fsp3) is 0.324. The molecule has 6 nitrogen and oxygen atoms in total. The molecule has 0 heterocycles. The summed E-state index contributed by atoms with van der Waals surface area (Å²) in [4.78, 5) is 12.8. The highest BCUT2D eigenvalue weighted by atomic mass is 16.5. The summed E-state index contributed by atoms with van der Waals surface area (Å²) in [6, 6.07) is 30.1. The Morgan fingerprint density at radius 3 is 1.86 bits per heavy atom. The minimum atomic E-state index is -0.229. The van der Waals surface area contributed by atoms with E-state index in [0.717, 1.165) is 27.8 Å². The number of methoxy groups -OCH3 is 2. The Kier molecular flexibility index (Phi) is 11.1. The number of ether oxygens (including phenoxy) is 4. The zero-order chi connectivity index (χ0) is 30.7. The van der Waals surface area contributed by atoms with Gasteiger partial charge in [-0.3, -0.25) is 4.79 Å². The van der Waals surface area contributed by atoms with E-state index >= 15 is 0 Å². The van der Waals surface area contributed by atoms with E-state index in [1.807, 2.05) is 84.9 Å². The molecular formula is C37H43NO5. The maximum absolute atomic E-state index is 12.8. The van der Waals surface area contributed by atoms with Crippen molar-refractivity contribution in [3.63, 3.8) is 0 Å². The van der Waals surface area contributed by atoms with Crippen LogP contribution in [-0.4, -0.2) is 26.7 Å². The van der Waals surface area contributed by atoms with Gasteiger partial charge in [0.15, 0.2) is 23.0 Å². The van der Waals surface area contributed by atoms with Crippen molar-refractivity contribution in [2.24, 2.45) is 0 Å². The van der Waals surface area contributed by atoms with Crippen molar-refractivity contribution >= 4 is 5.91 Å². The third kappa shape index (κ3) is 9.02. The second-order valence-electron chi connectivity index (χ2n) is 11.3. The summed E-state index contributed by atoms with van der Waals surface area (Å²) in [5.41, 5.74) is 5.28. The van der Waals surface area contributed by atoms with Crippen molar-refractivity contribution in [2.75, 3.05) is 20.8 Å². The van der Waals surface area contributed by atoms with Crippen LogP contribution >= 0.6 is 0 Å². The van der Waals surface area contributed by atoms with E-state index in [1.54, 1.807) is 14.2 Å². The number of nitrogens with one attached hydrogen (secondary N) is 1. The van der Waals surface area contributed by atoms with E-state index in [9.17, 15) is 4.79 Å². The van der Waals surface area contributed by atoms with Gasteiger partial charge in [-0.25, -0.2) is 0 Å². The van der Waals surface area contributed by atoms with Crippen molar-refractivity contribution in [1.82, 2.24) is 5.32 Å². The topological polar surface area (TPSA) is 66.0 Å². The second-order valence-corrected chi connectivity index (χ2v) is 11.3. The molecule has 4 aromatic rings. The van der Waals surface area contributed by atoms with Gasteiger partial charge >= 0.3 is 0 Å². The molecule has 0 aliphatic heterocycles. The van der Waals surface area contributed by atoms with Gasteiger partial charge in [-0.1, -0.05) is 80.6 Å². The van der Waals surface area contributed by atoms with Crippen molar-refractivity contribution in [1.29, 1.82) is 0 Å².